The number of allylic oxidation sites excluding steroid dienone is 6. The van der Waals surface area contributed by atoms with Crippen LogP contribution in [0, 0.1) is 30.9 Å². The van der Waals surface area contributed by atoms with Crippen LogP contribution in [0.2, 0.25) is 0 Å². The van der Waals surface area contributed by atoms with E-state index in [-0.39, 0.29) is 141 Å². The minimum atomic E-state index is -0.411. The van der Waals surface area contributed by atoms with Crippen LogP contribution in [0.3, 0.4) is 0 Å². The van der Waals surface area contributed by atoms with Crippen LogP contribution in [0.5, 0.6) is 5.75 Å². The minimum absolute atomic E-state index is 0. The molecule has 17 heteroatoms. The number of hydrogen-bond donors (Lipinski definition) is 1. The number of pyridine rings is 4. The van der Waals surface area contributed by atoms with Gasteiger partial charge in [0.25, 0.3) is 11.3 Å². The summed E-state index contributed by atoms with van der Waals surface area (Å²) in [6, 6.07) is 111. The van der Waals surface area contributed by atoms with E-state index >= 15 is 0 Å². The van der Waals surface area contributed by atoms with Gasteiger partial charge in [0, 0.05) is 151 Å². The Morgan fingerprint density at radius 1 is 0.542 bits per heavy atom. The van der Waals surface area contributed by atoms with Crippen molar-refractivity contribution in [2.45, 2.75) is 108 Å². The zero-order valence-electron chi connectivity index (χ0n) is 86.5. The zero-order valence-corrected chi connectivity index (χ0v) is 85.6. The molecule has 13 aromatic carbocycles. The van der Waals surface area contributed by atoms with E-state index in [0.29, 0.717) is 29.2 Å². The Balaban J connectivity index is 0.000000145. The molecule has 12 heterocycles. The number of imidazole rings is 1. The fraction of sp³-hybridized carbons (Fsp3) is 0.128. The molecule has 0 saturated heterocycles. The van der Waals surface area contributed by atoms with Crippen LogP contribution in [0.1, 0.15) is 138 Å². The first-order valence-electron chi connectivity index (χ1n) is 49.8. The smallest absolute Gasteiger partial charge is 0.294 e. The average molecular weight is 2400 g/mol. The number of ketones is 1. The molecule has 0 aliphatic carbocycles. The Morgan fingerprint density at radius 2 is 1.15 bits per heavy atom. The molecule has 0 bridgehead atoms. The van der Waals surface area contributed by atoms with E-state index in [0.717, 1.165) is 80.3 Å². The number of hydrogen-bond acceptors (Lipinski definition) is 9. The van der Waals surface area contributed by atoms with Crippen molar-refractivity contribution in [2.75, 3.05) is 4.90 Å². The molecule has 6 aliphatic rings. The number of aliphatic hydroxyl groups is 1. The Kier molecular flexibility index (Phi) is 32.1. The summed E-state index contributed by atoms with van der Waals surface area (Å²) >= 11 is 0. The number of nitrogens with zero attached hydrogens (tertiary/aromatic N) is 11. The second kappa shape index (κ2) is 48.8. The van der Waals surface area contributed by atoms with Gasteiger partial charge >= 0.3 is 0 Å². The predicted molar refractivity (Wildman–Crippen MR) is 567 cm³/mol. The Labute approximate surface area is 886 Å². The van der Waals surface area contributed by atoms with Gasteiger partial charge in [-0.25, -0.2) is 4.57 Å². The van der Waals surface area contributed by atoms with Crippen LogP contribution in [-0.4, -0.2) is 45.2 Å². The molecule has 3 radical (unpaired) electrons. The first kappa shape index (κ1) is 93.4. The van der Waals surface area contributed by atoms with Crippen molar-refractivity contribution in [3.63, 3.8) is 0 Å². The molecule has 6 aromatic heterocycles. The van der Waals surface area contributed by atoms with Crippen molar-refractivity contribution in [1.29, 1.82) is 0 Å². The molecule has 0 fully saturated rings. The number of carbonyl (C=O) groups is 1. The van der Waals surface area contributed by atoms with Crippen molar-refractivity contribution in [2.24, 2.45) is 0 Å². The fourth-order valence-corrected chi connectivity index (χ4v) is 17.4. The number of rotatable bonds is 11. The van der Waals surface area contributed by atoms with E-state index in [4.69, 9.17) is 30.9 Å². The molecular formula is C125H113Ir3N11O3-2. The first-order chi connectivity index (χ1) is 70.3. The van der Waals surface area contributed by atoms with Crippen LogP contribution >= 0.6 is 0 Å². The number of anilines is 1. The first-order valence-corrected chi connectivity index (χ1v) is 45.8. The van der Waals surface area contributed by atoms with Gasteiger partial charge in [-0.15, -0.1) is 101 Å². The molecule has 19 aromatic rings. The van der Waals surface area contributed by atoms with Crippen molar-refractivity contribution < 1.29 is 99.7 Å². The van der Waals surface area contributed by atoms with Gasteiger partial charge in [-0.3, -0.25) is 14.8 Å². The van der Waals surface area contributed by atoms with E-state index in [1.807, 2.05) is 165 Å². The van der Waals surface area contributed by atoms with Crippen molar-refractivity contribution in [3.8, 4) is 78.9 Å². The third-order valence-corrected chi connectivity index (χ3v) is 23.7. The van der Waals surface area contributed by atoms with E-state index < -0.39 is 12.1 Å². The Hall–Kier alpha value is -14.9. The molecular weight excluding hydrogens is 2280 g/mol. The van der Waals surface area contributed by atoms with E-state index in [9.17, 15) is 4.79 Å². The summed E-state index contributed by atoms with van der Waals surface area (Å²) in [4.78, 5) is 29.7. The summed E-state index contributed by atoms with van der Waals surface area (Å²) in [6.45, 7) is 24.2. The molecule has 0 unspecified atom stereocenters. The summed E-state index contributed by atoms with van der Waals surface area (Å²) in [5.41, 5.74) is 25.9. The Bertz CT molecular complexity index is 8130. The van der Waals surface area contributed by atoms with Crippen LogP contribution in [0.4, 0.5) is 5.69 Å². The zero-order chi connectivity index (χ0) is 101. The largest absolute Gasteiger partial charge is 0.527 e. The molecule has 0 saturated carbocycles. The number of fused-ring (bicyclic) bond motifs is 12. The predicted octanol–water partition coefficient (Wildman–Crippen LogP) is 28.4. The van der Waals surface area contributed by atoms with Crippen molar-refractivity contribution in [1.82, 2.24) is 34.3 Å². The molecule has 0 amide bonds. The average Bonchev–Trinajstić information content (AvgIpc) is 1.55. The number of carbonyl (C=O) groups excluding carboxylic acids is 1. The van der Waals surface area contributed by atoms with Crippen LogP contribution in [-0.2, 0) is 84.7 Å². The monoisotopic (exact) mass is 2400 g/mol. The number of para-hydroxylation sites is 3. The van der Waals surface area contributed by atoms with Gasteiger partial charge in [-0.2, -0.15) is 39.5 Å². The van der Waals surface area contributed by atoms with Crippen LogP contribution < -0.4 is 23.5 Å². The van der Waals surface area contributed by atoms with E-state index in [1.165, 1.54) is 119 Å². The summed E-state index contributed by atoms with van der Waals surface area (Å²) < 4.78 is 76.6. The maximum Gasteiger partial charge on any atom is 0.294 e. The third-order valence-electron chi connectivity index (χ3n) is 23.7. The molecule has 142 heavy (non-hydrogen) atoms. The van der Waals surface area contributed by atoms with Crippen LogP contribution in [0.25, 0.3) is 122 Å². The maximum absolute atomic E-state index is 10.0. The molecule has 14 nitrogen and oxygen atoms in total. The minimum Gasteiger partial charge on any atom is -0.527 e. The summed E-state index contributed by atoms with van der Waals surface area (Å²) in [5.74, 6) is 3.62. The fourth-order valence-electron chi connectivity index (χ4n) is 17.4. The molecule has 6 aliphatic heterocycles. The molecule has 0 spiro atoms. The van der Waals surface area contributed by atoms with Gasteiger partial charge in [0.05, 0.1) is 43.5 Å². The number of ether oxygens (including phenoxy) is 1. The molecule has 715 valence electrons. The van der Waals surface area contributed by atoms with E-state index in [1.54, 1.807) is 12.4 Å². The standard InChI is InChI=1S/C27H18N.C22H25N2.C18H16N3.C15H10NO.C13H10N2.C12H10N.C11H8N.C5H8O2.2CH4.3Ir/c1-4-10-20(11-5-1)23-16-17-26-25(18-23)24(21-12-6-2-7-13-21)19-27(28-26)22-14-8-3-9-15-22;1-15(2)18-10-7-11-19(16(3)4)21(18)24-13-12-23-14-17-8-5-6-9-20(17)22(23)24;1-11(2)21-19-17-15-8-4-3-7-13(15)14-9-5-6-12-10-20(21)18(17)16(12)14;1-11-13(14-7-4-5-9-16-14)10-12-6-2-3-8-15(12)17-11;1-2-6-12(7-3-1)15-10-13-8-4-5-9-14(13)11-15;1-2-6-11-10(5-1)9-13-8-4-3-7-12(11)13;1-2-6-10(7-3-1)11-8-4-5-9-12-11;1-4(6)3-5(2)7;;;;;/h1-14,16-19H;5-13,15-16H,14H2,1-4H3;3-9,11H,10H2,1-2H3;2-9H,1H2;1-6,8-11H;1-8H,9H2;1-6,8-9H;3,6H,1-2H3;2*1H4;;;/q-1;2*+1;-1;-2;+1;-1;;;;;;/i;;;;;1D,2D,3D,4D,5D,6D,7D,8D;;;;;;;. The van der Waals surface area contributed by atoms with E-state index in [2.05, 4.69) is 299 Å². The summed E-state index contributed by atoms with van der Waals surface area (Å²) in [5, 5.41) is 19.7. The summed E-state index contributed by atoms with van der Waals surface area (Å²) in [6.07, 6.45) is 22.4. The summed E-state index contributed by atoms with van der Waals surface area (Å²) in [7, 11) is 0. The van der Waals surface area contributed by atoms with Crippen molar-refractivity contribution >= 4 is 60.5 Å². The third kappa shape index (κ3) is 23.7. The topological polar surface area (TPSA) is 126 Å². The van der Waals surface area contributed by atoms with Gasteiger partial charge in [-0.1, -0.05) is 273 Å². The number of aliphatic hydroxyl groups excluding tert-OH is 1. The van der Waals surface area contributed by atoms with Gasteiger partial charge in [0.2, 0.25) is 11.2 Å². The van der Waals surface area contributed by atoms with Crippen LogP contribution in [0.15, 0.2) is 437 Å². The quantitative estimate of drug-likeness (QED) is 0.0443. The second-order valence-electron chi connectivity index (χ2n) is 34.2. The van der Waals surface area contributed by atoms with Gasteiger partial charge in [-0.05, 0) is 162 Å². The SMILES string of the molecule is C.C.C=C1Oc2ccccc2[C-]=C1c1ccccn1.CC(=O)C=C(C)O.CC(C)c1cccc(C(C)C)c1-n1cc[n+]2c1-c1ccccc1C2.CC(C)n1nc2c3ccccc3c3cccc4c3c2[n+]1C4.[2H]c1c([2H])c([2H])c2c(c1[2H])C[n+]1c([2H])c([2H])c([2H])c([2H])c1-2.[Ir].[Ir].[Ir].[c-]1ccccc1-c1cc(-c2ccccc2)c2cc(-c3ccccc3)ccc2n1.[c-]1ccccc1-c1ccccn1.[c-]1ccccc1N1C=C2C=CC=CN2[CH-]1. The van der Waals surface area contributed by atoms with Crippen molar-refractivity contribution in [3.05, 3.63) is 507 Å². The Morgan fingerprint density at radius 3 is 1.82 bits per heavy atom. The van der Waals surface area contributed by atoms with Gasteiger partial charge < -0.3 is 24.6 Å². The normalized spacial score (nSPS) is 13.1. The maximum atomic E-state index is 10.0. The molecule has 0 atom stereocenters. The second-order valence-corrected chi connectivity index (χ2v) is 34.2. The molecule has 1 N–H and O–H groups in total. The molecule has 25 rings (SSSR count). The van der Waals surface area contributed by atoms with Gasteiger partial charge in [0.1, 0.15) is 38.6 Å². The van der Waals surface area contributed by atoms with Gasteiger partial charge in [0.15, 0.2) is 18.5 Å². The number of benzene rings is 13. The number of aromatic nitrogens is 9.